The van der Waals surface area contributed by atoms with E-state index in [1.807, 2.05) is 0 Å². The van der Waals surface area contributed by atoms with E-state index in [0.29, 0.717) is 25.1 Å². The minimum atomic E-state index is -0.749. The summed E-state index contributed by atoms with van der Waals surface area (Å²) in [6.07, 6.45) is 0.418. The average Bonchev–Trinajstić information content (AvgIpc) is 2.16. The molecule has 0 spiro atoms. The van der Waals surface area contributed by atoms with Gasteiger partial charge in [0.25, 0.3) is 0 Å². The first-order valence-electron chi connectivity index (χ1n) is 4.89. The zero-order valence-electron chi connectivity index (χ0n) is 8.59. The molecule has 0 amide bonds. The maximum absolute atomic E-state index is 13.3. The molecule has 15 heavy (non-hydrogen) atoms. The molecule has 1 aliphatic heterocycles. The molecule has 1 saturated heterocycles. The highest BCUT2D eigenvalue weighted by Gasteiger charge is 2.35. The summed E-state index contributed by atoms with van der Waals surface area (Å²) in [7, 11) is 1.44. The van der Waals surface area contributed by atoms with Crippen molar-refractivity contribution in [2.24, 2.45) is 0 Å². The van der Waals surface area contributed by atoms with Crippen LogP contribution in [0.15, 0.2) is 18.2 Å². The van der Waals surface area contributed by atoms with Crippen molar-refractivity contribution in [3.8, 4) is 5.75 Å². The summed E-state index contributed by atoms with van der Waals surface area (Å²) in [4.78, 5) is 0. The van der Waals surface area contributed by atoms with Gasteiger partial charge in [-0.3, -0.25) is 0 Å². The van der Waals surface area contributed by atoms with Gasteiger partial charge in [-0.2, -0.15) is 0 Å². The zero-order valence-corrected chi connectivity index (χ0v) is 8.59. The number of hydrogen-bond donors (Lipinski definition) is 2. The lowest BCUT2D eigenvalue weighted by Crippen LogP contribution is -2.60. The molecule has 4 heteroatoms. The smallest absolute Gasteiger partial charge is 0.165 e. The second kappa shape index (κ2) is 3.79. The van der Waals surface area contributed by atoms with Gasteiger partial charge in [0.2, 0.25) is 0 Å². The predicted molar refractivity (Wildman–Crippen MR) is 54.5 cm³/mol. The van der Waals surface area contributed by atoms with Crippen LogP contribution in [0.2, 0.25) is 0 Å². The molecule has 2 rings (SSSR count). The molecule has 0 aromatic heterocycles. The van der Waals surface area contributed by atoms with Gasteiger partial charge in [-0.1, -0.05) is 12.1 Å². The number of β-amino-alcohol motifs (C(OH)–C–C–N with tert-alkyl or cyclic N) is 1. The summed E-state index contributed by atoms with van der Waals surface area (Å²) >= 11 is 0. The minimum absolute atomic E-state index is 0.234. The molecule has 0 unspecified atom stereocenters. The molecule has 1 aromatic rings. The van der Waals surface area contributed by atoms with E-state index in [0.717, 1.165) is 0 Å². The van der Waals surface area contributed by atoms with Gasteiger partial charge < -0.3 is 15.2 Å². The number of ether oxygens (including phenoxy) is 1. The van der Waals surface area contributed by atoms with Gasteiger partial charge in [-0.25, -0.2) is 4.39 Å². The van der Waals surface area contributed by atoms with Crippen molar-refractivity contribution >= 4 is 0 Å². The normalized spacial score (nSPS) is 18.3. The summed E-state index contributed by atoms with van der Waals surface area (Å²) < 4.78 is 18.3. The first-order chi connectivity index (χ1) is 7.14. The largest absolute Gasteiger partial charge is 0.493 e. The van der Waals surface area contributed by atoms with Crippen LogP contribution in [0.3, 0.4) is 0 Å². The fraction of sp³-hybridized carbons (Fsp3) is 0.455. The molecular weight excluding hydrogens is 197 g/mol. The Balaban J connectivity index is 2.23. The van der Waals surface area contributed by atoms with Crippen LogP contribution < -0.4 is 10.1 Å². The molecule has 1 fully saturated rings. The van der Waals surface area contributed by atoms with Crippen molar-refractivity contribution in [2.45, 2.75) is 12.0 Å². The summed E-state index contributed by atoms with van der Waals surface area (Å²) in [5.41, 5.74) is -0.0392. The highest BCUT2D eigenvalue weighted by atomic mass is 19.1. The van der Waals surface area contributed by atoms with E-state index in [9.17, 15) is 9.50 Å². The Morgan fingerprint density at radius 3 is 2.80 bits per heavy atom. The van der Waals surface area contributed by atoms with E-state index in [1.54, 1.807) is 12.1 Å². The Morgan fingerprint density at radius 1 is 1.53 bits per heavy atom. The van der Waals surface area contributed by atoms with Crippen LogP contribution in [0.1, 0.15) is 5.56 Å². The fourth-order valence-corrected chi connectivity index (χ4v) is 1.81. The van der Waals surface area contributed by atoms with Crippen molar-refractivity contribution in [1.29, 1.82) is 0 Å². The lowest BCUT2D eigenvalue weighted by atomic mass is 9.89. The molecule has 0 saturated carbocycles. The van der Waals surface area contributed by atoms with E-state index < -0.39 is 5.60 Å². The molecule has 1 heterocycles. The van der Waals surface area contributed by atoms with Gasteiger partial charge >= 0.3 is 0 Å². The quantitative estimate of drug-likeness (QED) is 0.773. The Kier molecular flexibility index (Phi) is 2.63. The first kappa shape index (κ1) is 10.4. The van der Waals surface area contributed by atoms with Gasteiger partial charge in [0.1, 0.15) is 0 Å². The highest BCUT2D eigenvalue weighted by molar-refractivity contribution is 5.36. The Morgan fingerprint density at radius 2 is 2.27 bits per heavy atom. The van der Waals surface area contributed by atoms with E-state index in [1.165, 1.54) is 13.2 Å². The molecule has 0 atom stereocenters. The summed E-state index contributed by atoms with van der Waals surface area (Å²) in [5.74, 6) is -0.149. The van der Waals surface area contributed by atoms with Crippen molar-refractivity contribution < 1.29 is 14.2 Å². The SMILES string of the molecule is COc1c(F)cccc1CC1(O)CNC1. The zero-order chi connectivity index (χ0) is 10.9. The molecule has 2 N–H and O–H groups in total. The fourth-order valence-electron chi connectivity index (χ4n) is 1.81. The van der Waals surface area contributed by atoms with Gasteiger partial charge in [0, 0.05) is 25.1 Å². The van der Waals surface area contributed by atoms with E-state index in [-0.39, 0.29) is 11.6 Å². The summed E-state index contributed by atoms with van der Waals surface area (Å²) in [5, 5.41) is 12.9. The van der Waals surface area contributed by atoms with Crippen LogP contribution >= 0.6 is 0 Å². The number of benzene rings is 1. The maximum atomic E-state index is 13.3. The Hall–Kier alpha value is -1.13. The molecule has 82 valence electrons. The third-order valence-corrected chi connectivity index (χ3v) is 2.68. The number of aliphatic hydroxyl groups is 1. The number of nitrogens with one attached hydrogen (secondary N) is 1. The number of para-hydroxylation sites is 1. The van der Waals surface area contributed by atoms with Gasteiger partial charge in [0.15, 0.2) is 11.6 Å². The van der Waals surface area contributed by atoms with Crippen molar-refractivity contribution in [1.82, 2.24) is 5.32 Å². The Bertz CT molecular complexity index is 364. The molecule has 0 aliphatic carbocycles. The standard InChI is InChI=1S/C11H14FNO2/c1-15-10-8(3-2-4-9(10)12)5-11(14)6-13-7-11/h2-4,13-14H,5-7H2,1H3. The first-order valence-corrected chi connectivity index (χ1v) is 4.89. The number of halogens is 1. The summed E-state index contributed by atoms with van der Waals surface area (Å²) in [6.45, 7) is 1.10. The lowest BCUT2D eigenvalue weighted by Gasteiger charge is -2.38. The third kappa shape index (κ3) is 1.96. The second-order valence-electron chi connectivity index (χ2n) is 3.94. The van der Waals surface area contributed by atoms with Crippen molar-refractivity contribution in [2.75, 3.05) is 20.2 Å². The molecule has 0 bridgehead atoms. The Labute approximate surface area is 87.9 Å². The molecule has 0 radical (unpaired) electrons. The molecule has 1 aliphatic rings. The van der Waals surface area contributed by atoms with Crippen LogP contribution in [-0.4, -0.2) is 30.9 Å². The minimum Gasteiger partial charge on any atom is -0.493 e. The van der Waals surface area contributed by atoms with Crippen LogP contribution in [0.4, 0.5) is 4.39 Å². The van der Waals surface area contributed by atoms with Crippen molar-refractivity contribution in [3.05, 3.63) is 29.6 Å². The topological polar surface area (TPSA) is 41.5 Å². The predicted octanol–water partition coefficient (Wildman–Crippen LogP) is 0.711. The van der Waals surface area contributed by atoms with Gasteiger partial charge in [0.05, 0.1) is 12.7 Å². The average molecular weight is 211 g/mol. The summed E-state index contributed by atoms with van der Waals surface area (Å²) in [6, 6.07) is 4.76. The second-order valence-corrected chi connectivity index (χ2v) is 3.94. The highest BCUT2D eigenvalue weighted by Crippen LogP contribution is 2.27. The number of rotatable bonds is 3. The van der Waals surface area contributed by atoms with Gasteiger partial charge in [-0.05, 0) is 6.07 Å². The van der Waals surface area contributed by atoms with E-state index >= 15 is 0 Å². The maximum Gasteiger partial charge on any atom is 0.165 e. The third-order valence-electron chi connectivity index (χ3n) is 2.68. The van der Waals surface area contributed by atoms with Crippen LogP contribution in [0.5, 0.6) is 5.75 Å². The monoisotopic (exact) mass is 211 g/mol. The number of methoxy groups -OCH3 is 1. The lowest BCUT2D eigenvalue weighted by molar-refractivity contribution is -0.00950. The van der Waals surface area contributed by atoms with Crippen LogP contribution in [0, 0.1) is 5.82 Å². The van der Waals surface area contributed by atoms with Crippen LogP contribution in [-0.2, 0) is 6.42 Å². The van der Waals surface area contributed by atoms with E-state index in [4.69, 9.17) is 4.74 Å². The van der Waals surface area contributed by atoms with Crippen LogP contribution in [0.25, 0.3) is 0 Å². The van der Waals surface area contributed by atoms with E-state index in [2.05, 4.69) is 5.32 Å². The van der Waals surface area contributed by atoms with Crippen molar-refractivity contribution in [3.63, 3.8) is 0 Å². The number of hydrogen-bond acceptors (Lipinski definition) is 3. The molecular formula is C11H14FNO2. The molecule has 3 nitrogen and oxygen atoms in total. The molecule has 1 aromatic carbocycles. The van der Waals surface area contributed by atoms with Gasteiger partial charge in [-0.15, -0.1) is 0 Å².